The van der Waals surface area contributed by atoms with Gasteiger partial charge in [0.25, 0.3) is 0 Å². The second kappa shape index (κ2) is 11.4. The zero-order chi connectivity index (χ0) is 18.1. The maximum atomic E-state index is 12.8. The monoisotopic (exact) mass is 490 g/mol. The average molecular weight is 490 g/mol. The summed E-state index contributed by atoms with van der Waals surface area (Å²) in [6, 6.07) is 7.00. The van der Waals surface area contributed by atoms with Crippen molar-refractivity contribution in [2.75, 3.05) is 26.2 Å². The summed E-state index contributed by atoms with van der Waals surface area (Å²) in [6.07, 6.45) is 8.20. The van der Waals surface area contributed by atoms with E-state index in [9.17, 15) is 8.42 Å². The highest BCUT2D eigenvalue weighted by molar-refractivity contribution is 14.0. The van der Waals surface area contributed by atoms with E-state index in [1.54, 1.807) is 22.5 Å². The quantitative estimate of drug-likeness (QED) is 0.278. The number of sulfonamides is 1. The lowest BCUT2D eigenvalue weighted by Crippen LogP contribution is -2.37. The third-order valence-corrected chi connectivity index (χ3v) is 5.87. The largest absolute Gasteiger partial charge is 0.357 e. The molecule has 26 heavy (non-hydrogen) atoms. The van der Waals surface area contributed by atoms with Crippen LogP contribution >= 0.6 is 24.0 Å². The summed E-state index contributed by atoms with van der Waals surface area (Å²) in [6.45, 7) is 4.66. The molecule has 2 rings (SSSR count). The van der Waals surface area contributed by atoms with Crippen LogP contribution in [0.3, 0.4) is 0 Å². The molecule has 1 aliphatic rings. The van der Waals surface area contributed by atoms with Crippen molar-refractivity contribution in [3.8, 4) is 12.3 Å². The molecule has 2 N–H and O–H groups in total. The fourth-order valence-electron chi connectivity index (χ4n) is 2.71. The van der Waals surface area contributed by atoms with E-state index in [0.717, 1.165) is 31.4 Å². The Hall–Kier alpha value is -1.31. The van der Waals surface area contributed by atoms with Crippen LogP contribution in [0.1, 0.15) is 31.7 Å². The second-order valence-electron chi connectivity index (χ2n) is 5.86. The average Bonchev–Trinajstić information content (AvgIpc) is 2.65. The number of nitrogens with one attached hydrogen (secondary N) is 2. The first-order valence-corrected chi connectivity index (χ1v) is 10.1. The molecule has 1 aromatic rings. The molecular weight excluding hydrogens is 463 g/mol. The Balaban J connectivity index is 0.00000338. The molecule has 0 aromatic heterocycles. The summed E-state index contributed by atoms with van der Waals surface area (Å²) < 4.78 is 27.1. The molecule has 1 heterocycles. The van der Waals surface area contributed by atoms with E-state index in [1.807, 2.05) is 13.0 Å². The minimum atomic E-state index is -3.42. The maximum absolute atomic E-state index is 12.8. The van der Waals surface area contributed by atoms with Crippen LogP contribution in [-0.2, 0) is 16.6 Å². The zero-order valence-electron chi connectivity index (χ0n) is 15.1. The minimum Gasteiger partial charge on any atom is -0.357 e. The van der Waals surface area contributed by atoms with Crippen molar-refractivity contribution < 1.29 is 8.42 Å². The summed E-state index contributed by atoms with van der Waals surface area (Å²) in [7, 11) is -3.42. The summed E-state index contributed by atoms with van der Waals surface area (Å²) >= 11 is 0. The summed E-state index contributed by atoms with van der Waals surface area (Å²) in [4.78, 5) is 4.78. The second-order valence-corrected chi connectivity index (χ2v) is 7.80. The third kappa shape index (κ3) is 6.45. The number of halogens is 1. The maximum Gasteiger partial charge on any atom is 0.243 e. The molecule has 0 spiro atoms. The number of benzene rings is 1. The van der Waals surface area contributed by atoms with E-state index in [4.69, 9.17) is 6.42 Å². The Labute approximate surface area is 173 Å². The SMILES string of the molecule is C#CCNC(=NCc1cccc(S(=O)(=O)N2CCCCC2)c1)NCC.I. The van der Waals surface area contributed by atoms with Gasteiger partial charge in [0.2, 0.25) is 10.0 Å². The Kier molecular flexibility index (Phi) is 9.98. The van der Waals surface area contributed by atoms with E-state index in [-0.39, 0.29) is 24.0 Å². The van der Waals surface area contributed by atoms with Gasteiger partial charge < -0.3 is 10.6 Å². The number of terminal acetylenes is 1. The first-order valence-electron chi connectivity index (χ1n) is 8.62. The van der Waals surface area contributed by atoms with Gasteiger partial charge in [-0.2, -0.15) is 4.31 Å². The minimum absolute atomic E-state index is 0. The molecule has 6 nitrogen and oxygen atoms in total. The zero-order valence-corrected chi connectivity index (χ0v) is 18.2. The van der Waals surface area contributed by atoms with Crippen molar-refractivity contribution >= 4 is 40.0 Å². The molecule has 0 saturated carbocycles. The normalized spacial score (nSPS) is 15.6. The van der Waals surface area contributed by atoms with Crippen LogP contribution in [0.5, 0.6) is 0 Å². The summed E-state index contributed by atoms with van der Waals surface area (Å²) in [5.41, 5.74) is 0.844. The molecule has 0 bridgehead atoms. The molecule has 0 unspecified atom stereocenters. The lowest BCUT2D eigenvalue weighted by Gasteiger charge is -2.26. The molecule has 1 fully saturated rings. The van der Waals surface area contributed by atoms with E-state index in [2.05, 4.69) is 21.5 Å². The van der Waals surface area contributed by atoms with Crippen molar-refractivity contribution in [1.29, 1.82) is 0 Å². The number of piperidine rings is 1. The van der Waals surface area contributed by atoms with Crippen molar-refractivity contribution in [1.82, 2.24) is 14.9 Å². The molecule has 0 aliphatic carbocycles. The van der Waals surface area contributed by atoms with E-state index in [0.29, 0.717) is 37.0 Å². The number of nitrogens with zero attached hydrogens (tertiary/aromatic N) is 2. The standard InChI is InChI=1S/C18H26N4O2S.HI/c1-3-11-20-18(19-4-2)21-15-16-9-8-10-17(14-16)25(23,24)22-12-6-5-7-13-22;/h1,8-10,14H,4-7,11-13,15H2,2H3,(H2,19,20,21);1H. The third-order valence-electron chi connectivity index (χ3n) is 3.97. The molecular formula is C18H27IN4O2S. The van der Waals surface area contributed by atoms with Crippen LogP contribution in [-0.4, -0.2) is 44.9 Å². The Morgan fingerprint density at radius 2 is 2.00 bits per heavy atom. The van der Waals surface area contributed by atoms with Gasteiger partial charge in [0.1, 0.15) is 0 Å². The molecule has 1 aromatic carbocycles. The molecule has 0 atom stereocenters. The molecule has 144 valence electrons. The summed E-state index contributed by atoms with van der Waals surface area (Å²) in [5, 5.41) is 6.11. The first-order chi connectivity index (χ1) is 12.1. The molecule has 1 saturated heterocycles. The van der Waals surface area contributed by atoms with Gasteiger partial charge in [-0.3, -0.25) is 0 Å². The molecule has 1 aliphatic heterocycles. The van der Waals surface area contributed by atoms with Crippen LogP contribution in [0, 0.1) is 12.3 Å². The predicted molar refractivity (Wildman–Crippen MR) is 116 cm³/mol. The van der Waals surface area contributed by atoms with Gasteiger partial charge >= 0.3 is 0 Å². The van der Waals surface area contributed by atoms with Crippen molar-refractivity contribution in [3.63, 3.8) is 0 Å². The Morgan fingerprint density at radius 3 is 2.65 bits per heavy atom. The smallest absolute Gasteiger partial charge is 0.243 e. The number of aliphatic imine (C=N–C) groups is 1. The van der Waals surface area contributed by atoms with Gasteiger partial charge in [0, 0.05) is 19.6 Å². The van der Waals surface area contributed by atoms with Crippen LogP contribution < -0.4 is 10.6 Å². The summed E-state index contributed by atoms with van der Waals surface area (Å²) in [5.74, 6) is 3.12. The van der Waals surface area contributed by atoms with Gasteiger partial charge in [0.15, 0.2) is 5.96 Å². The number of hydrogen-bond donors (Lipinski definition) is 2. The van der Waals surface area contributed by atoms with Crippen molar-refractivity contribution in [2.24, 2.45) is 4.99 Å². The van der Waals surface area contributed by atoms with Gasteiger partial charge in [-0.05, 0) is 37.5 Å². The topological polar surface area (TPSA) is 73.8 Å². The highest BCUT2D eigenvalue weighted by Crippen LogP contribution is 2.21. The fourth-order valence-corrected chi connectivity index (χ4v) is 4.29. The van der Waals surface area contributed by atoms with Crippen LogP contribution in [0.15, 0.2) is 34.2 Å². The van der Waals surface area contributed by atoms with Crippen molar-refractivity contribution in [3.05, 3.63) is 29.8 Å². The van der Waals surface area contributed by atoms with Gasteiger partial charge in [-0.25, -0.2) is 13.4 Å². The number of rotatable bonds is 6. The molecule has 8 heteroatoms. The van der Waals surface area contributed by atoms with Crippen LogP contribution in [0.2, 0.25) is 0 Å². The van der Waals surface area contributed by atoms with E-state index >= 15 is 0 Å². The predicted octanol–water partition coefficient (Wildman–Crippen LogP) is 2.17. The van der Waals surface area contributed by atoms with Crippen molar-refractivity contribution in [2.45, 2.75) is 37.6 Å². The highest BCUT2D eigenvalue weighted by Gasteiger charge is 2.25. The first kappa shape index (κ1) is 22.7. The lowest BCUT2D eigenvalue weighted by molar-refractivity contribution is 0.346. The molecule has 0 radical (unpaired) electrons. The highest BCUT2D eigenvalue weighted by atomic mass is 127. The Morgan fingerprint density at radius 1 is 1.27 bits per heavy atom. The number of hydrogen-bond acceptors (Lipinski definition) is 3. The van der Waals surface area contributed by atoms with Gasteiger partial charge in [-0.15, -0.1) is 30.4 Å². The number of guanidine groups is 1. The van der Waals surface area contributed by atoms with Crippen LogP contribution in [0.4, 0.5) is 0 Å². The van der Waals surface area contributed by atoms with Gasteiger partial charge in [0.05, 0.1) is 18.0 Å². The van der Waals surface area contributed by atoms with E-state index in [1.165, 1.54) is 0 Å². The Bertz CT molecular complexity index is 738. The van der Waals surface area contributed by atoms with Gasteiger partial charge in [-0.1, -0.05) is 24.5 Å². The lowest BCUT2D eigenvalue weighted by atomic mass is 10.2. The van der Waals surface area contributed by atoms with E-state index < -0.39 is 10.0 Å². The fraction of sp³-hybridized carbons (Fsp3) is 0.500. The molecule has 0 amide bonds. The van der Waals surface area contributed by atoms with Crippen LogP contribution in [0.25, 0.3) is 0 Å².